The Morgan fingerprint density at radius 1 is 0.952 bits per heavy atom. The van der Waals surface area contributed by atoms with Crippen molar-refractivity contribution in [2.24, 2.45) is 0 Å². The van der Waals surface area contributed by atoms with E-state index in [2.05, 4.69) is 6.92 Å². The molecule has 0 fully saturated rings. The molecular weight excluding hydrogens is 272 g/mol. The second kappa shape index (κ2) is 12.3. The van der Waals surface area contributed by atoms with Crippen LogP contribution >= 0.6 is 0 Å². The lowest BCUT2D eigenvalue weighted by Gasteiger charge is -2.06. The molecular formula is C15H28N2O4. The first-order valence-electron chi connectivity index (χ1n) is 7.92. The first kappa shape index (κ1) is 19.5. The number of nitrogens with zero attached hydrogens (tertiary/aromatic N) is 2. The maximum absolute atomic E-state index is 10.9. The van der Waals surface area contributed by atoms with E-state index in [1.807, 2.05) is 0 Å². The summed E-state index contributed by atoms with van der Waals surface area (Å²) in [6.45, 7) is 3.59. The van der Waals surface area contributed by atoms with Crippen molar-refractivity contribution in [3.63, 3.8) is 0 Å². The van der Waals surface area contributed by atoms with E-state index in [-0.39, 0.29) is 6.42 Å². The highest BCUT2D eigenvalue weighted by molar-refractivity contribution is 4.89. The summed E-state index contributed by atoms with van der Waals surface area (Å²) in [6.07, 6.45) is 12.5. The highest BCUT2D eigenvalue weighted by Crippen LogP contribution is 2.10. The predicted molar refractivity (Wildman–Crippen MR) is 83.6 cm³/mol. The summed E-state index contributed by atoms with van der Waals surface area (Å²) >= 11 is 0. The first-order chi connectivity index (χ1) is 9.99. The van der Waals surface area contributed by atoms with Crippen molar-refractivity contribution in [3.05, 3.63) is 32.4 Å². The molecule has 0 aliphatic rings. The van der Waals surface area contributed by atoms with E-state index in [1.165, 1.54) is 45.1 Å². The SMILES string of the molecule is CCCCCCCCCC=CC(CC(C)[N+](=O)[O-])[N+](=O)[O-]. The molecule has 122 valence electrons. The fraction of sp³-hybridized carbons (Fsp3) is 0.867. The lowest BCUT2D eigenvalue weighted by Crippen LogP contribution is -2.26. The van der Waals surface area contributed by atoms with Gasteiger partial charge in [0.05, 0.1) is 6.42 Å². The van der Waals surface area contributed by atoms with E-state index >= 15 is 0 Å². The molecule has 6 nitrogen and oxygen atoms in total. The minimum atomic E-state index is -0.949. The molecule has 0 aromatic heterocycles. The molecule has 0 saturated heterocycles. The van der Waals surface area contributed by atoms with Crippen LogP contribution in [-0.2, 0) is 0 Å². The zero-order chi connectivity index (χ0) is 16.1. The molecule has 0 N–H and O–H groups in total. The molecule has 0 bridgehead atoms. The summed E-state index contributed by atoms with van der Waals surface area (Å²) in [4.78, 5) is 20.5. The molecule has 0 heterocycles. The van der Waals surface area contributed by atoms with Gasteiger partial charge in [-0.25, -0.2) is 0 Å². The number of rotatable bonds is 13. The van der Waals surface area contributed by atoms with Crippen molar-refractivity contribution >= 4 is 0 Å². The Kier molecular flexibility index (Phi) is 11.4. The van der Waals surface area contributed by atoms with Crippen LogP contribution in [0.3, 0.4) is 0 Å². The third-order valence-corrected chi connectivity index (χ3v) is 3.55. The number of hydrogen-bond donors (Lipinski definition) is 0. The third-order valence-electron chi connectivity index (χ3n) is 3.55. The van der Waals surface area contributed by atoms with Crippen LogP contribution in [0.25, 0.3) is 0 Å². The molecule has 0 radical (unpaired) electrons. The maximum atomic E-state index is 10.9. The van der Waals surface area contributed by atoms with E-state index in [0.29, 0.717) is 0 Å². The lowest BCUT2D eigenvalue weighted by molar-refractivity contribution is -0.550. The Balaban J connectivity index is 3.85. The molecule has 0 saturated carbocycles. The average molecular weight is 300 g/mol. The fourth-order valence-electron chi connectivity index (χ4n) is 2.14. The van der Waals surface area contributed by atoms with E-state index in [4.69, 9.17) is 0 Å². The summed E-state index contributed by atoms with van der Waals surface area (Å²) in [5.41, 5.74) is 0. The highest BCUT2D eigenvalue weighted by Gasteiger charge is 2.25. The van der Waals surface area contributed by atoms with Gasteiger partial charge >= 0.3 is 0 Å². The van der Waals surface area contributed by atoms with Gasteiger partial charge in [0.15, 0.2) is 0 Å². The number of nitro groups is 2. The quantitative estimate of drug-likeness (QED) is 0.218. The summed E-state index contributed by atoms with van der Waals surface area (Å²) in [5.74, 6) is 0. The van der Waals surface area contributed by atoms with Gasteiger partial charge in [-0.05, 0) is 18.9 Å². The molecule has 0 aromatic rings. The number of allylic oxidation sites excluding steroid dienone is 1. The molecule has 0 amide bonds. The molecule has 0 aliphatic carbocycles. The molecule has 0 aliphatic heterocycles. The summed E-state index contributed by atoms with van der Waals surface area (Å²) < 4.78 is 0. The molecule has 0 rings (SSSR count). The van der Waals surface area contributed by atoms with Crippen molar-refractivity contribution < 1.29 is 9.85 Å². The molecule has 2 unspecified atom stereocenters. The van der Waals surface area contributed by atoms with Crippen molar-refractivity contribution in [1.82, 2.24) is 0 Å². The molecule has 21 heavy (non-hydrogen) atoms. The van der Waals surface area contributed by atoms with Gasteiger partial charge in [-0.1, -0.05) is 51.5 Å². The molecule has 0 spiro atoms. The Labute approximate surface area is 126 Å². The van der Waals surface area contributed by atoms with Gasteiger partial charge in [0, 0.05) is 16.8 Å². The smallest absolute Gasteiger partial charge is 0.237 e. The van der Waals surface area contributed by atoms with Crippen LogP contribution in [0.2, 0.25) is 0 Å². The topological polar surface area (TPSA) is 86.3 Å². The normalized spacial score (nSPS) is 14.2. The van der Waals surface area contributed by atoms with Gasteiger partial charge in [-0.2, -0.15) is 0 Å². The predicted octanol–water partition coefficient (Wildman–Crippen LogP) is 4.38. The molecule has 0 aromatic carbocycles. The van der Waals surface area contributed by atoms with Crippen LogP contribution in [0, 0.1) is 20.2 Å². The summed E-state index contributed by atoms with van der Waals surface area (Å²) in [5, 5.41) is 21.4. The van der Waals surface area contributed by atoms with Crippen molar-refractivity contribution in [1.29, 1.82) is 0 Å². The Morgan fingerprint density at radius 3 is 2.05 bits per heavy atom. The van der Waals surface area contributed by atoms with Crippen LogP contribution < -0.4 is 0 Å². The summed E-state index contributed by atoms with van der Waals surface area (Å²) in [7, 11) is 0. The highest BCUT2D eigenvalue weighted by atomic mass is 16.6. The summed E-state index contributed by atoms with van der Waals surface area (Å²) in [6, 6.07) is -1.83. The maximum Gasteiger partial charge on any atom is 0.237 e. The first-order valence-corrected chi connectivity index (χ1v) is 7.92. The number of unbranched alkanes of at least 4 members (excludes halogenated alkanes) is 7. The van der Waals surface area contributed by atoms with Crippen LogP contribution in [0.1, 0.15) is 71.6 Å². The van der Waals surface area contributed by atoms with Gasteiger partial charge in [0.1, 0.15) is 0 Å². The fourth-order valence-corrected chi connectivity index (χ4v) is 2.14. The van der Waals surface area contributed by atoms with E-state index in [1.54, 1.807) is 6.08 Å². The van der Waals surface area contributed by atoms with Crippen LogP contribution in [0.5, 0.6) is 0 Å². The van der Waals surface area contributed by atoms with Gasteiger partial charge in [0.25, 0.3) is 0 Å². The number of hydrogen-bond acceptors (Lipinski definition) is 4. The van der Waals surface area contributed by atoms with E-state index in [0.717, 1.165) is 19.3 Å². The minimum absolute atomic E-state index is 0.0481. The Morgan fingerprint density at radius 2 is 1.52 bits per heavy atom. The van der Waals surface area contributed by atoms with E-state index in [9.17, 15) is 20.2 Å². The van der Waals surface area contributed by atoms with Crippen molar-refractivity contribution in [2.45, 2.75) is 83.7 Å². The van der Waals surface area contributed by atoms with Gasteiger partial charge in [-0.15, -0.1) is 0 Å². The van der Waals surface area contributed by atoms with Crippen LogP contribution in [0.15, 0.2) is 12.2 Å². The van der Waals surface area contributed by atoms with Gasteiger partial charge in [0.2, 0.25) is 12.1 Å². The lowest BCUT2D eigenvalue weighted by atomic mass is 10.1. The van der Waals surface area contributed by atoms with Crippen LogP contribution in [0.4, 0.5) is 0 Å². The zero-order valence-electron chi connectivity index (χ0n) is 13.2. The van der Waals surface area contributed by atoms with E-state index < -0.39 is 21.9 Å². The molecule has 2 atom stereocenters. The second-order valence-electron chi connectivity index (χ2n) is 5.56. The van der Waals surface area contributed by atoms with Crippen molar-refractivity contribution in [2.75, 3.05) is 0 Å². The van der Waals surface area contributed by atoms with Gasteiger partial charge in [-0.3, -0.25) is 20.2 Å². The van der Waals surface area contributed by atoms with Crippen molar-refractivity contribution in [3.8, 4) is 0 Å². The Hall–Kier alpha value is -1.46. The van der Waals surface area contributed by atoms with Crippen LogP contribution in [-0.4, -0.2) is 21.9 Å². The third kappa shape index (κ3) is 10.9. The molecule has 6 heteroatoms. The minimum Gasteiger partial charge on any atom is -0.264 e. The van der Waals surface area contributed by atoms with Gasteiger partial charge < -0.3 is 0 Å². The monoisotopic (exact) mass is 300 g/mol. The second-order valence-corrected chi connectivity index (χ2v) is 5.56. The largest absolute Gasteiger partial charge is 0.264 e. The average Bonchev–Trinajstić information content (AvgIpc) is 2.43. The zero-order valence-corrected chi connectivity index (χ0v) is 13.2. The standard InChI is InChI=1S/C15H28N2O4/c1-3-4-5-6-7-8-9-10-11-12-15(17(20)21)13-14(2)16(18)19/h11-12,14-15H,3-10,13H2,1-2H3. The Bertz CT molecular complexity index is 332.